The van der Waals surface area contributed by atoms with Crippen LogP contribution in [-0.2, 0) is 4.74 Å². The molecule has 100 valence electrons. The quantitative estimate of drug-likeness (QED) is 0.623. The standard InChI is InChI=1S/C16H25NO/c1-14-8-10-15(11-9-14)17-12-13-18-16-6-4-2-3-5-7-16/h8-11,16-17H,2-7,12-13H2,1H3. The van der Waals surface area contributed by atoms with Gasteiger partial charge in [-0.1, -0.05) is 43.4 Å². The molecule has 0 aliphatic heterocycles. The summed E-state index contributed by atoms with van der Waals surface area (Å²) in [6.07, 6.45) is 8.48. The number of rotatable bonds is 5. The number of nitrogens with one attached hydrogen (secondary N) is 1. The van der Waals surface area contributed by atoms with Crippen LogP contribution in [-0.4, -0.2) is 19.3 Å². The lowest BCUT2D eigenvalue weighted by Gasteiger charge is -2.15. The summed E-state index contributed by atoms with van der Waals surface area (Å²) < 4.78 is 5.95. The van der Waals surface area contributed by atoms with E-state index >= 15 is 0 Å². The largest absolute Gasteiger partial charge is 0.383 e. The first kappa shape index (κ1) is 13.4. The molecule has 0 unspecified atom stereocenters. The Kier molecular flexibility index (Phi) is 5.53. The Morgan fingerprint density at radius 3 is 2.39 bits per heavy atom. The maximum atomic E-state index is 5.95. The summed E-state index contributed by atoms with van der Waals surface area (Å²) in [5.74, 6) is 0. The lowest BCUT2D eigenvalue weighted by atomic mass is 10.1. The van der Waals surface area contributed by atoms with Crippen LogP contribution in [0.25, 0.3) is 0 Å². The third-order valence-corrected chi connectivity index (χ3v) is 3.64. The molecule has 2 rings (SSSR count). The zero-order valence-corrected chi connectivity index (χ0v) is 11.5. The summed E-state index contributed by atoms with van der Waals surface area (Å²) in [7, 11) is 0. The highest BCUT2D eigenvalue weighted by Gasteiger charge is 2.11. The van der Waals surface area contributed by atoms with Gasteiger partial charge in [-0.2, -0.15) is 0 Å². The van der Waals surface area contributed by atoms with Crippen LogP contribution in [0.4, 0.5) is 5.69 Å². The van der Waals surface area contributed by atoms with Crippen molar-refractivity contribution in [2.45, 2.75) is 51.6 Å². The van der Waals surface area contributed by atoms with Crippen LogP contribution in [0.15, 0.2) is 24.3 Å². The summed E-state index contributed by atoms with van der Waals surface area (Å²) in [4.78, 5) is 0. The first-order valence-corrected chi connectivity index (χ1v) is 7.27. The predicted octanol–water partition coefficient (Wildman–Crippen LogP) is 4.15. The molecular formula is C16H25NO. The zero-order chi connectivity index (χ0) is 12.6. The first-order valence-electron chi connectivity index (χ1n) is 7.27. The Morgan fingerprint density at radius 2 is 1.72 bits per heavy atom. The van der Waals surface area contributed by atoms with Crippen molar-refractivity contribution in [3.05, 3.63) is 29.8 Å². The van der Waals surface area contributed by atoms with Gasteiger partial charge in [0.25, 0.3) is 0 Å². The predicted molar refractivity (Wildman–Crippen MR) is 77.1 cm³/mol. The first-order chi connectivity index (χ1) is 8.84. The monoisotopic (exact) mass is 247 g/mol. The summed E-state index contributed by atoms with van der Waals surface area (Å²) in [5.41, 5.74) is 2.49. The van der Waals surface area contributed by atoms with E-state index < -0.39 is 0 Å². The third-order valence-electron chi connectivity index (χ3n) is 3.64. The Bertz CT molecular complexity index is 325. The molecule has 1 aromatic rings. The van der Waals surface area contributed by atoms with Crippen LogP contribution < -0.4 is 5.32 Å². The van der Waals surface area contributed by atoms with Gasteiger partial charge in [0.05, 0.1) is 12.7 Å². The van der Waals surface area contributed by atoms with E-state index in [9.17, 15) is 0 Å². The van der Waals surface area contributed by atoms with Crippen molar-refractivity contribution in [3.8, 4) is 0 Å². The fourth-order valence-corrected chi connectivity index (χ4v) is 2.50. The lowest BCUT2D eigenvalue weighted by molar-refractivity contribution is 0.0501. The number of benzene rings is 1. The van der Waals surface area contributed by atoms with Crippen molar-refractivity contribution < 1.29 is 4.74 Å². The minimum atomic E-state index is 0.507. The number of aryl methyl sites for hydroxylation is 1. The Morgan fingerprint density at radius 1 is 1.06 bits per heavy atom. The van der Waals surface area contributed by atoms with Crippen molar-refractivity contribution in [1.82, 2.24) is 0 Å². The SMILES string of the molecule is Cc1ccc(NCCOC2CCCCCC2)cc1. The Balaban J connectivity index is 1.61. The molecule has 0 saturated heterocycles. The van der Waals surface area contributed by atoms with E-state index in [2.05, 4.69) is 36.5 Å². The van der Waals surface area contributed by atoms with Gasteiger partial charge in [0, 0.05) is 12.2 Å². The molecule has 1 aromatic carbocycles. The molecule has 0 heterocycles. The number of ether oxygens (including phenoxy) is 1. The van der Waals surface area contributed by atoms with Gasteiger partial charge in [-0.15, -0.1) is 0 Å². The summed E-state index contributed by atoms with van der Waals surface area (Å²) in [6.45, 7) is 3.83. The third kappa shape index (κ3) is 4.69. The Hall–Kier alpha value is -1.02. The van der Waals surface area contributed by atoms with Gasteiger partial charge in [0.2, 0.25) is 0 Å². The molecule has 1 fully saturated rings. The molecule has 0 aromatic heterocycles. The topological polar surface area (TPSA) is 21.3 Å². The van der Waals surface area contributed by atoms with Crippen molar-refractivity contribution in [1.29, 1.82) is 0 Å². The normalized spacial score (nSPS) is 17.4. The zero-order valence-electron chi connectivity index (χ0n) is 11.5. The number of anilines is 1. The van der Waals surface area contributed by atoms with Crippen molar-refractivity contribution in [2.24, 2.45) is 0 Å². The molecule has 0 bridgehead atoms. The van der Waals surface area contributed by atoms with Crippen molar-refractivity contribution in [3.63, 3.8) is 0 Å². The second-order valence-electron chi connectivity index (χ2n) is 5.28. The van der Waals surface area contributed by atoms with E-state index in [0.29, 0.717) is 6.10 Å². The Labute approximate surface area is 111 Å². The maximum absolute atomic E-state index is 5.95. The molecule has 2 nitrogen and oxygen atoms in total. The summed E-state index contributed by atoms with van der Waals surface area (Å²) >= 11 is 0. The van der Waals surface area contributed by atoms with E-state index in [1.54, 1.807) is 0 Å². The molecule has 1 saturated carbocycles. The van der Waals surface area contributed by atoms with Crippen LogP contribution >= 0.6 is 0 Å². The highest BCUT2D eigenvalue weighted by atomic mass is 16.5. The van der Waals surface area contributed by atoms with Crippen molar-refractivity contribution >= 4 is 5.69 Å². The number of hydrogen-bond donors (Lipinski definition) is 1. The second-order valence-corrected chi connectivity index (χ2v) is 5.28. The molecule has 1 aliphatic carbocycles. The second kappa shape index (κ2) is 7.42. The van der Waals surface area contributed by atoms with Gasteiger partial charge in [0.15, 0.2) is 0 Å². The number of hydrogen-bond acceptors (Lipinski definition) is 2. The van der Waals surface area contributed by atoms with Gasteiger partial charge in [0.1, 0.15) is 0 Å². The van der Waals surface area contributed by atoms with E-state index in [-0.39, 0.29) is 0 Å². The van der Waals surface area contributed by atoms with Gasteiger partial charge in [-0.3, -0.25) is 0 Å². The van der Waals surface area contributed by atoms with Crippen LogP contribution in [0.3, 0.4) is 0 Å². The average Bonchev–Trinajstić information content (AvgIpc) is 2.65. The van der Waals surface area contributed by atoms with Crippen LogP contribution in [0, 0.1) is 6.92 Å². The van der Waals surface area contributed by atoms with Crippen LogP contribution in [0.2, 0.25) is 0 Å². The molecule has 2 heteroatoms. The molecular weight excluding hydrogens is 222 g/mol. The molecule has 1 N–H and O–H groups in total. The van der Waals surface area contributed by atoms with E-state index in [4.69, 9.17) is 4.74 Å². The highest BCUT2D eigenvalue weighted by Crippen LogP contribution is 2.19. The average molecular weight is 247 g/mol. The van der Waals surface area contributed by atoms with Gasteiger partial charge in [-0.05, 0) is 31.9 Å². The van der Waals surface area contributed by atoms with Crippen LogP contribution in [0.1, 0.15) is 44.1 Å². The van der Waals surface area contributed by atoms with E-state index in [0.717, 1.165) is 13.2 Å². The molecule has 0 radical (unpaired) electrons. The van der Waals surface area contributed by atoms with E-state index in [1.165, 1.54) is 49.8 Å². The van der Waals surface area contributed by atoms with Gasteiger partial charge < -0.3 is 10.1 Å². The minimum absolute atomic E-state index is 0.507. The molecule has 0 spiro atoms. The summed E-state index contributed by atoms with van der Waals surface area (Å²) in [5, 5.41) is 3.40. The van der Waals surface area contributed by atoms with Gasteiger partial charge >= 0.3 is 0 Å². The molecule has 0 atom stereocenters. The minimum Gasteiger partial charge on any atom is -0.383 e. The molecule has 1 aliphatic rings. The van der Waals surface area contributed by atoms with E-state index in [1.807, 2.05) is 0 Å². The molecule has 0 amide bonds. The fourth-order valence-electron chi connectivity index (χ4n) is 2.50. The smallest absolute Gasteiger partial charge is 0.0642 e. The fraction of sp³-hybridized carbons (Fsp3) is 0.625. The lowest BCUT2D eigenvalue weighted by Crippen LogP contribution is -2.17. The van der Waals surface area contributed by atoms with Crippen molar-refractivity contribution in [2.75, 3.05) is 18.5 Å². The summed E-state index contributed by atoms with van der Waals surface area (Å²) in [6, 6.07) is 8.52. The van der Waals surface area contributed by atoms with Crippen LogP contribution in [0.5, 0.6) is 0 Å². The highest BCUT2D eigenvalue weighted by molar-refractivity contribution is 5.44. The van der Waals surface area contributed by atoms with Gasteiger partial charge in [-0.25, -0.2) is 0 Å². The maximum Gasteiger partial charge on any atom is 0.0642 e. The molecule has 18 heavy (non-hydrogen) atoms.